The highest BCUT2D eigenvalue weighted by Crippen LogP contribution is 1.71. The SMILES string of the molecule is CCO.N#COC(=O)C(=O)O.O. The molecule has 0 saturated carbocycles. The zero-order valence-corrected chi connectivity index (χ0v) is 6.27. The molecular weight excluding hydrogens is 170 g/mol. The van der Waals surface area contributed by atoms with Crippen LogP contribution in [0.2, 0.25) is 0 Å². The topological polar surface area (TPSA) is 139 Å². The number of carboxylic acid groups (broad SMARTS) is 1. The van der Waals surface area contributed by atoms with Crippen LogP contribution in [0.3, 0.4) is 0 Å². The quantitative estimate of drug-likeness (QED) is 0.257. The first-order chi connectivity index (χ1) is 5.09. The maximum atomic E-state index is 9.70. The molecule has 0 amide bonds. The van der Waals surface area contributed by atoms with Crippen LogP contribution in [0.5, 0.6) is 0 Å². The van der Waals surface area contributed by atoms with Gasteiger partial charge < -0.3 is 20.4 Å². The van der Waals surface area contributed by atoms with Gasteiger partial charge in [-0.3, -0.25) is 0 Å². The molecule has 0 aromatic rings. The summed E-state index contributed by atoms with van der Waals surface area (Å²) in [6, 6.07) is 0. The Morgan fingerprint density at radius 2 is 1.92 bits per heavy atom. The van der Waals surface area contributed by atoms with E-state index < -0.39 is 11.9 Å². The normalized spacial score (nSPS) is 6.08. The van der Waals surface area contributed by atoms with Gasteiger partial charge in [-0.2, -0.15) is 0 Å². The van der Waals surface area contributed by atoms with Gasteiger partial charge in [-0.1, -0.05) is 0 Å². The summed E-state index contributed by atoms with van der Waals surface area (Å²) < 4.78 is 3.37. The van der Waals surface area contributed by atoms with E-state index in [2.05, 4.69) is 4.74 Å². The van der Waals surface area contributed by atoms with Crippen molar-refractivity contribution in [2.75, 3.05) is 6.61 Å². The molecule has 0 atom stereocenters. The van der Waals surface area contributed by atoms with Crippen molar-refractivity contribution in [3.63, 3.8) is 0 Å². The Labute approximate surface area is 68.1 Å². The summed E-state index contributed by atoms with van der Waals surface area (Å²) in [6.07, 6.45) is 0.918. The van der Waals surface area contributed by atoms with Crippen LogP contribution in [0.15, 0.2) is 0 Å². The van der Waals surface area contributed by atoms with Gasteiger partial charge >= 0.3 is 11.9 Å². The Morgan fingerprint density at radius 1 is 1.58 bits per heavy atom. The van der Waals surface area contributed by atoms with E-state index in [1.165, 1.54) is 0 Å². The number of aliphatic hydroxyl groups is 1. The number of carboxylic acids is 1. The first kappa shape index (κ1) is 16.7. The third-order valence-corrected chi connectivity index (χ3v) is 0.313. The molecule has 0 spiro atoms. The van der Waals surface area contributed by atoms with Crippen LogP contribution in [0.25, 0.3) is 0 Å². The summed E-state index contributed by atoms with van der Waals surface area (Å²) in [5, 5.41) is 22.8. The number of esters is 1. The molecule has 12 heavy (non-hydrogen) atoms. The zero-order chi connectivity index (χ0) is 9.28. The molecule has 0 bridgehead atoms. The first-order valence-electron chi connectivity index (χ1n) is 2.54. The van der Waals surface area contributed by atoms with Gasteiger partial charge in [-0.05, 0) is 6.92 Å². The fourth-order valence-electron chi connectivity index (χ4n) is 0.0851. The zero-order valence-electron chi connectivity index (χ0n) is 6.27. The molecule has 70 valence electrons. The van der Waals surface area contributed by atoms with Crippen molar-refractivity contribution >= 4 is 11.9 Å². The van der Waals surface area contributed by atoms with Crippen LogP contribution in [-0.2, 0) is 14.3 Å². The monoisotopic (exact) mass is 179 g/mol. The van der Waals surface area contributed by atoms with Crippen molar-refractivity contribution in [3.8, 4) is 6.26 Å². The number of carbonyl (C=O) groups excluding carboxylic acids is 1. The Balaban J connectivity index is -0.000000177. The highest BCUT2D eigenvalue weighted by molar-refractivity contribution is 6.28. The molecule has 0 aliphatic rings. The Hall–Kier alpha value is -1.65. The van der Waals surface area contributed by atoms with Crippen LogP contribution in [0.1, 0.15) is 6.92 Å². The summed E-state index contributed by atoms with van der Waals surface area (Å²) in [7, 11) is 0. The number of hydrogen-bond donors (Lipinski definition) is 2. The van der Waals surface area contributed by atoms with E-state index in [9.17, 15) is 9.59 Å². The standard InChI is InChI=1S/C3HNO4.C2H6O.H2O/c4-1-8-3(7)2(5)6;1-2-3;/h(H,5,6);3H,2H2,1H3;1H2. The number of carbonyl (C=O) groups is 2. The Bertz CT molecular complexity index is 171. The lowest BCUT2D eigenvalue weighted by Gasteiger charge is -1.81. The van der Waals surface area contributed by atoms with E-state index in [4.69, 9.17) is 15.5 Å². The number of nitrogens with zero attached hydrogens (tertiary/aromatic N) is 1. The second kappa shape index (κ2) is 12.1. The number of rotatable bonds is 0. The molecule has 0 aromatic heterocycles. The van der Waals surface area contributed by atoms with Crippen LogP contribution in [-0.4, -0.2) is 34.2 Å². The predicted molar refractivity (Wildman–Crippen MR) is 35.7 cm³/mol. The van der Waals surface area contributed by atoms with Gasteiger partial charge in [0.2, 0.25) is 0 Å². The maximum Gasteiger partial charge on any atom is 0.432 e. The highest BCUT2D eigenvalue weighted by atomic mass is 16.6. The Morgan fingerprint density at radius 3 is 2.00 bits per heavy atom. The lowest BCUT2D eigenvalue weighted by Crippen LogP contribution is -2.13. The van der Waals surface area contributed by atoms with E-state index in [1.54, 1.807) is 6.92 Å². The molecule has 0 aromatic carbocycles. The molecule has 0 aliphatic carbocycles. The summed E-state index contributed by atoms with van der Waals surface area (Å²) in [6.45, 7) is 1.93. The minimum Gasteiger partial charge on any atom is -0.473 e. The molecular formula is C5H9NO6. The van der Waals surface area contributed by atoms with E-state index >= 15 is 0 Å². The average molecular weight is 179 g/mol. The molecule has 0 radical (unpaired) electrons. The van der Waals surface area contributed by atoms with Crippen LogP contribution in [0, 0.1) is 11.5 Å². The number of aliphatic carboxylic acids is 1. The molecule has 7 nitrogen and oxygen atoms in total. The number of aliphatic hydroxyl groups excluding tert-OH is 1. The van der Waals surface area contributed by atoms with Gasteiger partial charge in [0.1, 0.15) is 0 Å². The summed E-state index contributed by atoms with van der Waals surface area (Å²) in [4.78, 5) is 19.2. The van der Waals surface area contributed by atoms with Crippen LogP contribution in [0.4, 0.5) is 0 Å². The lowest BCUT2D eigenvalue weighted by atomic mass is 10.7. The van der Waals surface area contributed by atoms with Crippen LogP contribution < -0.4 is 0 Å². The second-order valence-corrected chi connectivity index (χ2v) is 1.10. The average Bonchev–Trinajstić information content (AvgIpc) is 1.90. The molecule has 0 unspecified atom stereocenters. The Kier molecular flexibility index (Phi) is 16.8. The van der Waals surface area contributed by atoms with E-state index in [0.717, 1.165) is 6.26 Å². The van der Waals surface area contributed by atoms with Crippen molar-refractivity contribution in [2.24, 2.45) is 0 Å². The highest BCUT2D eigenvalue weighted by Gasteiger charge is 2.11. The van der Waals surface area contributed by atoms with Crippen molar-refractivity contribution in [2.45, 2.75) is 6.92 Å². The van der Waals surface area contributed by atoms with Crippen molar-refractivity contribution < 1.29 is 30.0 Å². The number of ether oxygens (including phenoxy) is 1. The molecule has 0 rings (SSSR count). The van der Waals surface area contributed by atoms with Gasteiger partial charge in [0.05, 0.1) is 0 Å². The minimum atomic E-state index is -1.77. The van der Waals surface area contributed by atoms with Gasteiger partial charge in [0, 0.05) is 6.61 Å². The fraction of sp³-hybridized carbons (Fsp3) is 0.400. The van der Waals surface area contributed by atoms with Gasteiger partial charge in [-0.15, -0.1) is 5.26 Å². The van der Waals surface area contributed by atoms with Crippen molar-refractivity contribution in [3.05, 3.63) is 0 Å². The van der Waals surface area contributed by atoms with Crippen molar-refractivity contribution in [1.29, 1.82) is 5.26 Å². The smallest absolute Gasteiger partial charge is 0.432 e. The van der Waals surface area contributed by atoms with Gasteiger partial charge in [-0.25, -0.2) is 9.59 Å². The predicted octanol–water partition coefficient (Wildman–Crippen LogP) is -1.73. The largest absolute Gasteiger partial charge is 0.473 e. The summed E-state index contributed by atoms with van der Waals surface area (Å²) in [5.74, 6) is -3.33. The third-order valence-electron chi connectivity index (χ3n) is 0.313. The van der Waals surface area contributed by atoms with E-state index in [1.807, 2.05) is 0 Å². The summed E-state index contributed by atoms with van der Waals surface area (Å²) >= 11 is 0. The lowest BCUT2D eigenvalue weighted by molar-refractivity contribution is -0.159. The van der Waals surface area contributed by atoms with Gasteiger partial charge in [0.25, 0.3) is 6.26 Å². The van der Waals surface area contributed by atoms with E-state index in [0.29, 0.717) is 0 Å². The molecule has 7 heteroatoms. The van der Waals surface area contributed by atoms with Crippen molar-refractivity contribution in [1.82, 2.24) is 0 Å². The maximum absolute atomic E-state index is 9.70. The van der Waals surface area contributed by atoms with E-state index in [-0.39, 0.29) is 12.1 Å². The van der Waals surface area contributed by atoms with Crippen LogP contribution >= 0.6 is 0 Å². The summed E-state index contributed by atoms with van der Waals surface area (Å²) in [5.41, 5.74) is 0. The third kappa shape index (κ3) is 15.8. The van der Waals surface area contributed by atoms with Gasteiger partial charge in [0.15, 0.2) is 0 Å². The first-order valence-corrected chi connectivity index (χ1v) is 2.54. The second-order valence-electron chi connectivity index (χ2n) is 1.10. The molecule has 0 heterocycles. The number of nitriles is 1. The number of hydrogen-bond acceptors (Lipinski definition) is 5. The molecule has 0 fully saturated rings. The minimum absolute atomic E-state index is 0. The molecule has 0 aliphatic heterocycles. The fourth-order valence-corrected chi connectivity index (χ4v) is 0.0851. The molecule has 4 N–H and O–H groups in total. The molecule has 0 saturated heterocycles.